The van der Waals surface area contributed by atoms with E-state index in [2.05, 4.69) is 4.98 Å². The molecule has 1 heterocycles. The second kappa shape index (κ2) is 3.87. The molecule has 1 saturated carbocycles. The summed E-state index contributed by atoms with van der Waals surface area (Å²) in [6, 6.07) is 2.04. The molecule has 0 radical (unpaired) electrons. The fraction of sp³-hybridized carbons (Fsp3) is 0.545. The highest BCUT2D eigenvalue weighted by molar-refractivity contribution is 6.31. The van der Waals surface area contributed by atoms with Gasteiger partial charge >= 0.3 is 0 Å². The van der Waals surface area contributed by atoms with Crippen LogP contribution < -0.4 is 5.73 Å². The lowest BCUT2D eigenvalue weighted by molar-refractivity contribution is 0.229. The van der Waals surface area contributed by atoms with Gasteiger partial charge in [0, 0.05) is 12.4 Å². The third-order valence-electron chi connectivity index (χ3n) is 3.28. The Labute approximate surface area is 89.5 Å². The molecule has 0 spiro atoms. The summed E-state index contributed by atoms with van der Waals surface area (Å²) in [5, 5.41) is 0.792. The van der Waals surface area contributed by atoms with E-state index in [1.54, 1.807) is 6.20 Å². The number of nitrogens with two attached hydrogens (primary N) is 1. The molecule has 2 N–H and O–H groups in total. The van der Waals surface area contributed by atoms with E-state index >= 15 is 0 Å². The first-order valence-electron chi connectivity index (χ1n) is 5.08. The molecule has 0 saturated heterocycles. The van der Waals surface area contributed by atoms with Gasteiger partial charge in [0.2, 0.25) is 0 Å². The van der Waals surface area contributed by atoms with Gasteiger partial charge in [0.15, 0.2) is 0 Å². The van der Waals surface area contributed by atoms with Crippen molar-refractivity contribution in [1.29, 1.82) is 0 Å². The fourth-order valence-corrected chi connectivity index (χ4v) is 2.66. The molecule has 3 heteroatoms. The number of hydrogen-bond acceptors (Lipinski definition) is 2. The zero-order valence-electron chi connectivity index (χ0n) is 8.17. The number of pyridine rings is 1. The Balaban J connectivity index is 2.32. The topological polar surface area (TPSA) is 38.9 Å². The van der Waals surface area contributed by atoms with Crippen molar-refractivity contribution in [2.75, 3.05) is 6.54 Å². The van der Waals surface area contributed by atoms with Crippen molar-refractivity contribution in [2.24, 2.45) is 5.73 Å². The van der Waals surface area contributed by atoms with E-state index in [0.717, 1.165) is 18.0 Å². The van der Waals surface area contributed by atoms with Gasteiger partial charge in [0.25, 0.3) is 0 Å². The van der Waals surface area contributed by atoms with Crippen molar-refractivity contribution in [3.8, 4) is 0 Å². The minimum atomic E-state index is 0.259. The lowest BCUT2D eigenvalue weighted by atomic mass is 9.63. The van der Waals surface area contributed by atoms with Crippen molar-refractivity contribution in [1.82, 2.24) is 4.98 Å². The monoisotopic (exact) mass is 210 g/mol. The summed E-state index contributed by atoms with van der Waals surface area (Å²) in [7, 11) is 0. The van der Waals surface area contributed by atoms with E-state index in [1.807, 2.05) is 12.3 Å². The zero-order chi connectivity index (χ0) is 10.0. The Morgan fingerprint density at radius 1 is 1.50 bits per heavy atom. The summed E-state index contributed by atoms with van der Waals surface area (Å²) >= 11 is 6.15. The summed E-state index contributed by atoms with van der Waals surface area (Å²) in [5.74, 6) is 0. The van der Waals surface area contributed by atoms with Crippen molar-refractivity contribution in [2.45, 2.75) is 31.1 Å². The highest BCUT2D eigenvalue weighted by atomic mass is 35.5. The molecule has 14 heavy (non-hydrogen) atoms. The SMILES string of the molecule is NCCC1(c2ccncc2Cl)CCC1. The molecular weight excluding hydrogens is 196 g/mol. The van der Waals surface area contributed by atoms with Crippen LogP contribution in [-0.2, 0) is 5.41 Å². The largest absolute Gasteiger partial charge is 0.330 e. The molecule has 2 nitrogen and oxygen atoms in total. The van der Waals surface area contributed by atoms with Crippen LogP contribution in [0.5, 0.6) is 0 Å². The van der Waals surface area contributed by atoms with Crippen LogP contribution in [-0.4, -0.2) is 11.5 Å². The second-order valence-electron chi connectivity index (χ2n) is 4.03. The first-order chi connectivity index (χ1) is 6.78. The lowest BCUT2D eigenvalue weighted by Gasteiger charge is -2.42. The van der Waals surface area contributed by atoms with Crippen LogP contribution in [0.1, 0.15) is 31.2 Å². The summed E-state index contributed by atoms with van der Waals surface area (Å²) in [6.07, 6.45) is 8.31. The molecule has 0 aliphatic heterocycles. The number of aromatic nitrogens is 1. The second-order valence-corrected chi connectivity index (χ2v) is 4.44. The van der Waals surface area contributed by atoms with Crippen LogP contribution in [0.15, 0.2) is 18.5 Å². The lowest BCUT2D eigenvalue weighted by Crippen LogP contribution is -2.36. The van der Waals surface area contributed by atoms with Gasteiger partial charge in [-0.1, -0.05) is 18.0 Å². The summed E-state index contributed by atoms with van der Waals surface area (Å²) < 4.78 is 0. The minimum Gasteiger partial charge on any atom is -0.330 e. The van der Waals surface area contributed by atoms with Gasteiger partial charge < -0.3 is 5.73 Å². The van der Waals surface area contributed by atoms with E-state index in [0.29, 0.717) is 0 Å². The Kier molecular flexibility index (Phi) is 2.75. The average Bonchev–Trinajstić information content (AvgIpc) is 2.13. The first kappa shape index (κ1) is 9.94. The quantitative estimate of drug-likeness (QED) is 0.833. The van der Waals surface area contributed by atoms with Gasteiger partial charge in [0.05, 0.1) is 5.02 Å². The van der Waals surface area contributed by atoms with Gasteiger partial charge in [-0.3, -0.25) is 4.98 Å². The summed E-state index contributed by atoms with van der Waals surface area (Å²) in [4.78, 5) is 4.01. The molecule has 2 rings (SSSR count). The van der Waals surface area contributed by atoms with Crippen molar-refractivity contribution < 1.29 is 0 Å². The molecule has 76 valence electrons. The zero-order valence-corrected chi connectivity index (χ0v) is 8.93. The maximum Gasteiger partial charge on any atom is 0.0626 e. The van der Waals surface area contributed by atoms with Gasteiger partial charge in [0.1, 0.15) is 0 Å². The van der Waals surface area contributed by atoms with Crippen molar-refractivity contribution in [3.05, 3.63) is 29.0 Å². The first-order valence-corrected chi connectivity index (χ1v) is 5.46. The van der Waals surface area contributed by atoms with Crippen LogP contribution in [0.3, 0.4) is 0 Å². The Bertz CT molecular complexity index is 321. The van der Waals surface area contributed by atoms with Crippen molar-refractivity contribution >= 4 is 11.6 Å². The maximum atomic E-state index is 6.15. The maximum absolute atomic E-state index is 6.15. The van der Waals surface area contributed by atoms with E-state index < -0.39 is 0 Å². The van der Waals surface area contributed by atoms with Crippen LogP contribution in [0.4, 0.5) is 0 Å². The molecule has 1 fully saturated rings. The summed E-state index contributed by atoms with van der Waals surface area (Å²) in [6.45, 7) is 0.735. The smallest absolute Gasteiger partial charge is 0.0626 e. The highest BCUT2D eigenvalue weighted by Crippen LogP contribution is 2.48. The van der Waals surface area contributed by atoms with E-state index in [1.165, 1.54) is 24.8 Å². The minimum absolute atomic E-state index is 0.259. The number of hydrogen-bond donors (Lipinski definition) is 1. The molecule has 1 aliphatic rings. The molecule has 0 atom stereocenters. The summed E-state index contributed by atoms with van der Waals surface area (Å²) in [5.41, 5.74) is 7.15. The predicted molar refractivity (Wildman–Crippen MR) is 58.4 cm³/mol. The van der Waals surface area contributed by atoms with E-state index in [-0.39, 0.29) is 5.41 Å². The molecule has 0 aromatic carbocycles. The molecule has 0 unspecified atom stereocenters. The Morgan fingerprint density at radius 3 is 2.79 bits per heavy atom. The van der Waals surface area contributed by atoms with Crippen LogP contribution >= 0.6 is 11.6 Å². The number of halogens is 1. The van der Waals surface area contributed by atoms with Crippen LogP contribution in [0.2, 0.25) is 5.02 Å². The van der Waals surface area contributed by atoms with Crippen LogP contribution in [0, 0.1) is 0 Å². The van der Waals surface area contributed by atoms with Crippen molar-refractivity contribution in [3.63, 3.8) is 0 Å². The molecule has 1 aromatic rings. The third-order valence-corrected chi connectivity index (χ3v) is 3.58. The van der Waals surface area contributed by atoms with E-state index in [9.17, 15) is 0 Å². The normalized spacial score (nSPS) is 19.0. The molecular formula is C11H15ClN2. The number of nitrogens with zero attached hydrogens (tertiary/aromatic N) is 1. The third kappa shape index (κ3) is 1.53. The average molecular weight is 211 g/mol. The molecule has 0 amide bonds. The standard InChI is InChI=1S/C11H15ClN2/c12-10-8-14-7-2-9(10)11(5-6-13)3-1-4-11/h2,7-8H,1,3-6,13H2. The molecule has 0 bridgehead atoms. The Morgan fingerprint density at radius 2 is 2.29 bits per heavy atom. The van der Waals surface area contributed by atoms with Gasteiger partial charge in [-0.05, 0) is 42.9 Å². The van der Waals surface area contributed by atoms with Gasteiger partial charge in [-0.25, -0.2) is 0 Å². The number of rotatable bonds is 3. The molecule has 1 aliphatic carbocycles. The van der Waals surface area contributed by atoms with Gasteiger partial charge in [-0.2, -0.15) is 0 Å². The van der Waals surface area contributed by atoms with Gasteiger partial charge in [-0.15, -0.1) is 0 Å². The van der Waals surface area contributed by atoms with Crippen LogP contribution in [0.25, 0.3) is 0 Å². The molecule has 1 aromatic heterocycles. The highest BCUT2D eigenvalue weighted by Gasteiger charge is 2.38. The Hall–Kier alpha value is -0.600. The fourth-order valence-electron chi connectivity index (χ4n) is 2.34. The van der Waals surface area contributed by atoms with E-state index in [4.69, 9.17) is 17.3 Å². The predicted octanol–water partition coefficient (Wildman–Crippen LogP) is 2.51.